The van der Waals surface area contributed by atoms with E-state index in [0.29, 0.717) is 11.2 Å². The van der Waals surface area contributed by atoms with Crippen molar-refractivity contribution in [2.75, 3.05) is 5.73 Å². The molecule has 3 rings (SSSR count). The number of nitrogens with two attached hydrogens (primary N) is 1. The molecule has 0 aliphatic rings. The summed E-state index contributed by atoms with van der Waals surface area (Å²) in [6.45, 7) is 0. The van der Waals surface area contributed by atoms with Crippen molar-refractivity contribution in [3.05, 3.63) is 42.0 Å². The zero-order valence-electron chi connectivity index (χ0n) is 9.43. The van der Waals surface area contributed by atoms with E-state index in [4.69, 9.17) is 10.5 Å². The zero-order valence-corrected chi connectivity index (χ0v) is 9.43. The van der Waals surface area contributed by atoms with E-state index in [1.54, 1.807) is 0 Å². The molecule has 7 heteroatoms. The maximum Gasteiger partial charge on any atom is 0.179 e. The van der Waals surface area contributed by atoms with Gasteiger partial charge in [0.05, 0.1) is 5.69 Å². The summed E-state index contributed by atoms with van der Waals surface area (Å²) in [6.07, 6.45) is 0. The van der Waals surface area contributed by atoms with E-state index in [-0.39, 0.29) is 17.0 Å². The molecule has 0 unspecified atom stereocenters. The highest BCUT2D eigenvalue weighted by Crippen LogP contribution is 2.32. The topological polar surface area (TPSA) is 74.2 Å². The minimum absolute atomic E-state index is 0.176. The van der Waals surface area contributed by atoms with Gasteiger partial charge in [-0.3, -0.25) is 0 Å². The lowest BCUT2D eigenvalue weighted by Gasteiger charge is -2.07. The number of rotatable bonds is 2. The molecule has 0 saturated heterocycles. The second kappa shape index (κ2) is 4.20. The van der Waals surface area contributed by atoms with Crippen LogP contribution in [0.25, 0.3) is 11.0 Å². The molecule has 19 heavy (non-hydrogen) atoms. The van der Waals surface area contributed by atoms with Crippen LogP contribution in [0.3, 0.4) is 0 Å². The number of halogens is 2. The Morgan fingerprint density at radius 1 is 1.00 bits per heavy atom. The molecule has 0 bridgehead atoms. The Morgan fingerprint density at radius 3 is 2.63 bits per heavy atom. The van der Waals surface area contributed by atoms with Crippen molar-refractivity contribution in [2.24, 2.45) is 0 Å². The monoisotopic (exact) mass is 263 g/mol. The number of hydrogen-bond donors (Lipinski definition) is 1. The molecule has 2 N–H and O–H groups in total. The van der Waals surface area contributed by atoms with Crippen molar-refractivity contribution >= 4 is 16.7 Å². The highest BCUT2D eigenvalue weighted by molar-refractivity contribution is 5.90. The minimum Gasteiger partial charge on any atom is -0.452 e. The zero-order chi connectivity index (χ0) is 13.4. The number of nitrogen functional groups attached to an aromatic ring is 1. The first-order valence-electron chi connectivity index (χ1n) is 5.29. The van der Waals surface area contributed by atoms with Crippen LogP contribution in [0.15, 0.2) is 35.0 Å². The third-order valence-corrected chi connectivity index (χ3v) is 2.52. The fourth-order valence-electron chi connectivity index (χ4n) is 1.62. The lowest BCUT2D eigenvalue weighted by molar-refractivity contribution is 0.314. The van der Waals surface area contributed by atoms with Crippen molar-refractivity contribution in [1.29, 1.82) is 0 Å². The summed E-state index contributed by atoms with van der Waals surface area (Å²) in [4.78, 5) is 0. The van der Waals surface area contributed by atoms with E-state index in [1.807, 2.05) is 0 Å². The second-order valence-corrected chi connectivity index (χ2v) is 3.79. The van der Waals surface area contributed by atoms with Gasteiger partial charge in [-0.25, -0.2) is 13.4 Å². The van der Waals surface area contributed by atoms with Crippen LogP contribution >= 0.6 is 0 Å². The van der Waals surface area contributed by atoms with Gasteiger partial charge < -0.3 is 10.5 Å². The first kappa shape index (κ1) is 11.4. The first-order valence-corrected chi connectivity index (χ1v) is 5.29. The quantitative estimate of drug-likeness (QED) is 0.719. The van der Waals surface area contributed by atoms with Crippen LogP contribution in [0.2, 0.25) is 0 Å². The molecule has 0 fully saturated rings. The summed E-state index contributed by atoms with van der Waals surface area (Å²) in [7, 11) is 0. The van der Waals surface area contributed by atoms with Gasteiger partial charge in [0.2, 0.25) is 0 Å². The van der Waals surface area contributed by atoms with E-state index in [0.717, 1.165) is 18.2 Å². The van der Waals surface area contributed by atoms with E-state index >= 15 is 0 Å². The average Bonchev–Trinajstić information content (AvgIpc) is 2.87. The van der Waals surface area contributed by atoms with Gasteiger partial charge in [-0.1, -0.05) is 0 Å². The highest BCUT2D eigenvalue weighted by Gasteiger charge is 2.14. The number of ether oxygens (including phenoxy) is 1. The van der Waals surface area contributed by atoms with Crippen molar-refractivity contribution in [3.63, 3.8) is 0 Å². The lowest BCUT2D eigenvalue weighted by Crippen LogP contribution is -1.92. The summed E-state index contributed by atoms with van der Waals surface area (Å²) in [6, 6.07) is 5.90. The van der Waals surface area contributed by atoms with Crippen LogP contribution < -0.4 is 10.5 Å². The molecule has 0 spiro atoms. The average molecular weight is 263 g/mol. The lowest BCUT2D eigenvalue weighted by atomic mass is 10.2. The molecule has 0 aliphatic heterocycles. The van der Waals surface area contributed by atoms with Gasteiger partial charge in [0.1, 0.15) is 5.82 Å². The number of hydrogen-bond acceptors (Lipinski definition) is 5. The maximum atomic E-state index is 13.5. The molecular weight excluding hydrogens is 256 g/mol. The van der Waals surface area contributed by atoms with E-state index in [2.05, 4.69) is 14.9 Å². The number of nitrogens with zero attached hydrogens (tertiary/aromatic N) is 2. The molecule has 0 saturated carbocycles. The fraction of sp³-hybridized carbons (Fsp3) is 0. The van der Waals surface area contributed by atoms with Gasteiger partial charge >= 0.3 is 0 Å². The predicted octanol–water partition coefficient (Wildman–Crippen LogP) is 2.88. The van der Waals surface area contributed by atoms with E-state index in [9.17, 15) is 8.78 Å². The Bertz CT molecular complexity index is 758. The van der Waals surface area contributed by atoms with E-state index < -0.39 is 11.6 Å². The molecule has 5 nitrogen and oxygen atoms in total. The van der Waals surface area contributed by atoms with E-state index in [1.165, 1.54) is 12.1 Å². The largest absolute Gasteiger partial charge is 0.452 e. The Labute approximate surface area is 105 Å². The first-order chi connectivity index (χ1) is 9.15. The molecule has 0 amide bonds. The van der Waals surface area contributed by atoms with Crippen molar-refractivity contribution in [3.8, 4) is 11.5 Å². The molecule has 0 radical (unpaired) electrons. The SMILES string of the molecule is Nc1ccc(Oc2cc(F)ccc2F)c2nonc12. The number of aromatic nitrogens is 2. The summed E-state index contributed by atoms with van der Waals surface area (Å²) in [5.74, 6) is -1.38. The number of fused-ring (bicyclic) bond motifs is 1. The van der Waals surface area contributed by atoms with Gasteiger partial charge in [0, 0.05) is 6.07 Å². The molecule has 0 atom stereocenters. The molecule has 1 aromatic heterocycles. The summed E-state index contributed by atoms with van der Waals surface area (Å²) >= 11 is 0. The standard InChI is InChI=1S/C12H7F2N3O2/c13-6-1-2-7(14)10(5-6)18-9-4-3-8(15)11-12(9)17-19-16-11/h1-5H,15H2. The molecule has 1 heterocycles. The van der Waals surface area contributed by atoms with Crippen molar-refractivity contribution < 1.29 is 18.1 Å². The van der Waals surface area contributed by atoms with Crippen LogP contribution in [0.5, 0.6) is 11.5 Å². The van der Waals surface area contributed by atoms with Crippen molar-refractivity contribution in [1.82, 2.24) is 10.3 Å². The summed E-state index contributed by atoms with van der Waals surface area (Å²) < 4.78 is 36.4. The fourth-order valence-corrected chi connectivity index (χ4v) is 1.62. The van der Waals surface area contributed by atoms with Gasteiger partial charge in [0.15, 0.2) is 28.3 Å². The maximum absolute atomic E-state index is 13.5. The van der Waals surface area contributed by atoms with Crippen LogP contribution in [0, 0.1) is 11.6 Å². The Morgan fingerprint density at radius 2 is 1.79 bits per heavy atom. The smallest absolute Gasteiger partial charge is 0.179 e. The van der Waals surface area contributed by atoms with Crippen molar-refractivity contribution in [2.45, 2.75) is 0 Å². The van der Waals surface area contributed by atoms with Crippen LogP contribution in [-0.4, -0.2) is 10.3 Å². The van der Waals surface area contributed by atoms with Gasteiger partial charge in [-0.15, -0.1) is 0 Å². The van der Waals surface area contributed by atoms with Crippen LogP contribution in [0.4, 0.5) is 14.5 Å². The third kappa shape index (κ3) is 1.95. The molecule has 2 aromatic carbocycles. The second-order valence-electron chi connectivity index (χ2n) is 3.79. The number of benzene rings is 2. The van der Waals surface area contributed by atoms with Gasteiger partial charge in [-0.05, 0) is 34.6 Å². The highest BCUT2D eigenvalue weighted by atomic mass is 19.1. The van der Waals surface area contributed by atoms with Gasteiger partial charge in [0.25, 0.3) is 0 Å². The number of anilines is 1. The van der Waals surface area contributed by atoms with Crippen LogP contribution in [0.1, 0.15) is 0 Å². The Hall–Kier alpha value is -2.70. The third-order valence-electron chi connectivity index (χ3n) is 2.52. The summed E-state index contributed by atoms with van der Waals surface area (Å²) in [5, 5.41) is 7.22. The normalized spacial score (nSPS) is 10.8. The summed E-state index contributed by atoms with van der Waals surface area (Å²) in [5.41, 5.74) is 6.55. The Kier molecular flexibility index (Phi) is 2.52. The molecule has 96 valence electrons. The molecular formula is C12H7F2N3O2. The molecule has 0 aliphatic carbocycles. The predicted molar refractivity (Wildman–Crippen MR) is 62.6 cm³/mol. The molecule has 3 aromatic rings. The Balaban J connectivity index is 2.08. The van der Waals surface area contributed by atoms with Gasteiger partial charge in [-0.2, -0.15) is 0 Å². The minimum atomic E-state index is -0.692. The van der Waals surface area contributed by atoms with Crippen LogP contribution in [-0.2, 0) is 0 Å².